The van der Waals surface area contributed by atoms with Crippen molar-refractivity contribution in [1.29, 1.82) is 0 Å². The molecule has 3 rings (SSSR count). The van der Waals surface area contributed by atoms with Gasteiger partial charge >= 0.3 is 0 Å². The van der Waals surface area contributed by atoms with E-state index in [1.54, 1.807) is 0 Å². The van der Waals surface area contributed by atoms with Crippen LogP contribution in [-0.4, -0.2) is 6.61 Å². The van der Waals surface area contributed by atoms with Crippen LogP contribution in [0.2, 0.25) is 0 Å². The minimum Gasteiger partial charge on any atom is -0.494 e. The Morgan fingerprint density at radius 1 is 0.750 bits per heavy atom. The van der Waals surface area contributed by atoms with Crippen molar-refractivity contribution in [3.05, 3.63) is 102 Å². The van der Waals surface area contributed by atoms with Gasteiger partial charge in [0.05, 0.1) is 6.61 Å². The lowest BCUT2D eigenvalue weighted by Crippen LogP contribution is -2.08. The predicted molar refractivity (Wildman–Crippen MR) is 99.2 cm³/mol. The van der Waals surface area contributed by atoms with Crippen molar-refractivity contribution < 1.29 is 4.74 Å². The molecule has 0 radical (unpaired) electrons. The fraction of sp³-hybridized carbons (Fsp3) is 0.182. The smallest absolute Gasteiger partial charge is 0.119 e. The van der Waals surface area contributed by atoms with Gasteiger partial charge in [0.2, 0.25) is 0 Å². The summed E-state index contributed by atoms with van der Waals surface area (Å²) in [6.45, 7) is 1.20. The summed E-state index contributed by atoms with van der Waals surface area (Å²) >= 11 is 0. The SMILES string of the molecule is NCc1cccc(OCCC(c2ccccc2)c2ccccc2)c1. The van der Waals surface area contributed by atoms with E-state index in [1.807, 2.05) is 24.3 Å². The standard InChI is InChI=1S/C22H23NO/c23-17-18-8-7-13-21(16-18)24-15-14-22(19-9-3-1-4-10-19)20-11-5-2-6-12-20/h1-13,16,22H,14-15,17,23H2. The van der Waals surface area contributed by atoms with Gasteiger partial charge < -0.3 is 10.5 Å². The van der Waals surface area contributed by atoms with Gasteiger partial charge in [0.25, 0.3) is 0 Å². The molecule has 0 aliphatic rings. The fourth-order valence-electron chi connectivity index (χ4n) is 2.95. The molecule has 0 spiro atoms. The van der Waals surface area contributed by atoms with E-state index < -0.39 is 0 Å². The van der Waals surface area contributed by atoms with E-state index in [4.69, 9.17) is 10.5 Å². The molecule has 0 aromatic heterocycles. The van der Waals surface area contributed by atoms with Gasteiger partial charge in [-0.25, -0.2) is 0 Å². The highest BCUT2D eigenvalue weighted by molar-refractivity contribution is 5.32. The van der Waals surface area contributed by atoms with Crippen LogP contribution < -0.4 is 10.5 Å². The molecule has 0 heterocycles. The quantitative estimate of drug-likeness (QED) is 0.682. The monoisotopic (exact) mass is 317 g/mol. The van der Waals surface area contributed by atoms with Crippen LogP contribution in [0.15, 0.2) is 84.9 Å². The number of benzene rings is 3. The molecule has 0 saturated carbocycles. The maximum atomic E-state index is 5.97. The van der Waals surface area contributed by atoms with Crippen LogP contribution in [0, 0.1) is 0 Å². The second kappa shape index (κ2) is 8.32. The first-order chi connectivity index (χ1) is 11.9. The predicted octanol–water partition coefficient (Wildman–Crippen LogP) is 4.75. The first kappa shape index (κ1) is 16.3. The molecule has 0 saturated heterocycles. The molecule has 3 aromatic carbocycles. The van der Waals surface area contributed by atoms with Gasteiger partial charge in [-0.15, -0.1) is 0 Å². The molecule has 2 heteroatoms. The molecular weight excluding hydrogens is 294 g/mol. The Hall–Kier alpha value is -2.58. The zero-order valence-electron chi connectivity index (χ0n) is 13.8. The summed E-state index contributed by atoms with van der Waals surface area (Å²) in [7, 11) is 0. The fourth-order valence-corrected chi connectivity index (χ4v) is 2.95. The van der Waals surface area contributed by atoms with Crippen LogP contribution in [0.5, 0.6) is 5.75 Å². The summed E-state index contributed by atoms with van der Waals surface area (Å²) < 4.78 is 5.97. The third kappa shape index (κ3) is 4.24. The van der Waals surface area contributed by atoms with Gasteiger partial charge in [-0.3, -0.25) is 0 Å². The molecule has 0 aliphatic carbocycles. The van der Waals surface area contributed by atoms with E-state index in [0.717, 1.165) is 17.7 Å². The Bertz CT molecular complexity index is 701. The van der Waals surface area contributed by atoms with Crippen molar-refractivity contribution in [3.8, 4) is 5.75 Å². The molecule has 3 aromatic rings. The summed E-state index contributed by atoms with van der Waals surface area (Å²) in [5.74, 6) is 1.22. The van der Waals surface area contributed by atoms with Gasteiger partial charge in [-0.1, -0.05) is 72.8 Å². The normalized spacial score (nSPS) is 10.8. The molecule has 0 amide bonds. The van der Waals surface area contributed by atoms with Crippen LogP contribution in [-0.2, 0) is 6.54 Å². The van der Waals surface area contributed by atoms with Crippen molar-refractivity contribution in [2.75, 3.05) is 6.61 Å². The second-order valence-corrected chi connectivity index (χ2v) is 5.86. The summed E-state index contributed by atoms with van der Waals surface area (Å²) in [6, 6.07) is 29.2. The van der Waals surface area contributed by atoms with Crippen LogP contribution in [0.25, 0.3) is 0 Å². The molecule has 0 unspecified atom stereocenters. The summed E-state index contributed by atoms with van der Waals surface area (Å²) in [6.07, 6.45) is 0.931. The molecule has 2 nitrogen and oxygen atoms in total. The minimum atomic E-state index is 0.338. The Balaban J connectivity index is 1.71. The molecule has 2 N–H and O–H groups in total. The lowest BCUT2D eigenvalue weighted by molar-refractivity contribution is 0.303. The van der Waals surface area contributed by atoms with Gasteiger partial charge in [-0.2, -0.15) is 0 Å². The molecule has 122 valence electrons. The Kier molecular flexibility index (Phi) is 5.65. The highest BCUT2D eigenvalue weighted by Crippen LogP contribution is 2.28. The van der Waals surface area contributed by atoms with Crippen molar-refractivity contribution in [3.63, 3.8) is 0 Å². The molecular formula is C22H23NO. The first-order valence-corrected chi connectivity index (χ1v) is 8.38. The average molecular weight is 317 g/mol. The Labute approximate surface area is 143 Å². The van der Waals surface area contributed by atoms with Crippen molar-refractivity contribution >= 4 is 0 Å². The van der Waals surface area contributed by atoms with Crippen LogP contribution in [0.1, 0.15) is 29.0 Å². The third-order valence-corrected chi connectivity index (χ3v) is 4.21. The zero-order chi connectivity index (χ0) is 16.6. The van der Waals surface area contributed by atoms with Crippen LogP contribution in [0.4, 0.5) is 0 Å². The largest absolute Gasteiger partial charge is 0.494 e. The van der Waals surface area contributed by atoms with E-state index in [0.29, 0.717) is 19.1 Å². The summed E-state index contributed by atoms with van der Waals surface area (Å²) in [5.41, 5.74) is 9.43. The lowest BCUT2D eigenvalue weighted by atomic mass is 9.89. The molecule has 0 aliphatic heterocycles. The van der Waals surface area contributed by atoms with Gasteiger partial charge in [0.1, 0.15) is 5.75 Å². The van der Waals surface area contributed by atoms with Gasteiger partial charge in [-0.05, 0) is 35.2 Å². The summed E-state index contributed by atoms with van der Waals surface area (Å²) in [5, 5.41) is 0. The van der Waals surface area contributed by atoms with Crippen molar-refractivity contribution in [2.45, 2.75) is 18.9 Å². The van der Waals surface area contributed by atoms with Gasteiger partial charge in [0.15, 0.2) is 0 Å². The Morgan fingerprint density at radius 3 is 1.96 bits per heavy atom. The van der Waals surface area contributed by atoms with Crippen molar-refractivity contribution in [2.24, 2.45) is 5.73 Å². The second-order valence-electron chi connectivity index (χ2n) is 5.86. The number of hydrogen-bond donors (Lipinski definition) is 1. The van der Waals surface area contributed by atoms with E-state index in [-0.39, 0.29) is 0 Å². The third-order valence-electron chi connectivity index (χ3n) is 4.21. The number of hydrogen-bond acceptors (Lipinski definition) is 2. The van der Waals surface area contributed by atoms with E-state index >= 15 is 0 Å². The molecule has 24 heavy (non-hydrogen) atoms. The highest BCUT2D eigenvalue weighted by Gasteiger charge is 2.13. The Morgan fingerprint density at radius 2 is 1.38 bits per heavy atom. The number of rotatable bonds is 7. The number of ether oxygens (including phenoxy) is 1. The molecule has 0 fully saturated rings. The lowest BCUT2D eigenvalue weighted by Gasteiger charge is -2.18. The number of nitrogens with two attached hydrogens (primary N) is 1. The zero-order valence-corrected chi connectivity index (χ0v) is 13.8. The minimum absolute atomic E-state index is 0.338. The molecule has 0 bridgehead atoms. The van der Waals surface area contributed by atoms with E-state index in [9.17, 15) is 0 Å². The van der Waals surface area contributed by atoms with Crippen molar-refractivity contribution in [1.82, 2.24) is 0 Å². The van der Waals surface area contributed by atoms with Gasteiger partial charge in [0, 0.05) is 12.5 Å². The average Bonchev–Trinajstić information content (AvgIpc) is 2.67. The van der Waals surface area contributed by atoms with E-state index in [2.05, 4.69) is 60.7 Å². The maximum absolute atomic E-state index is 5.97. The first-order valence-electron chi connectivity index (χ1n) is 8.38. The topological polar surface area (TPSA) is 35.2 Å². The van der Waals surface area contributed by atoms with E-state index in [1.165, 1.54) is 11.1 Å². The summed E-state index contributed by atoms with van der Waals surface area (Å²) in [4.78, 5) is 0. The molecule has 0 atom stereocenters. The maximum Gasteiger partial charge on any atom is 0.119 e. The van der Waals surface area contributed by atoms with Crippen LogP contribution in [0.3, 0.4) is 0 Å². The highest BCUT2D eigenvalue weighted by atomic mass is 16.5. The van der Waals surface area contributed by atoms with Crippen LogP contribution >= 0.6 is 0 Å².